The molecule has 2 N–H and O–H groups in total. The number of benzene rings is 1. The van der Waals surface area contributed by atoms with E-state index < -0.39 is 0 Å². The molecule has 0 fully saturated rings. The predicted molar refractivity (Wildman–Crippen MR) is 74.9 cm³/mol. The van der Waals surface area contributed by atoms with Crippen LogP contribution in [0.5, 0.6) is 0 Å². The lowest BCUT2D eigenvalue weighted by molar-refractivity contribution is -0.115. The summed E-state index contributed by atoms with van der Waals surface area (Å²) in [6.45, 7) is 6.84. The Morgan fingerprint density at radius 3 is 2.95 bits per heavy atom. The Balaban J connectivity index is 2.15. The van der Waals surface area contributed by atoms with Crippen LogP contribution in [0.15, 0.2) is 18.2 Å². The Kier molecular flexibility index (Phi) is 3.59. The molecule has 1 aliphatic rings. The van der Waals surface area contributed by atoms with Crippen LogP contribution < -0.4 is 10.6 Å². The second-order valence-electron chi connectivity index (χ2n) is 5.71. The molecule has 1 aromatic rings. The van der Waals surface area contributed by atoms with Crippen LogP contribution in [0.4, 0.5) is 5.69 Å². The van der Waals surface area contributed by atoms with Gasteiger partial charge in [0.2, 0.25) is 5.91 Å². The minimum atomic E-state index is -0.156. The van der Waals surface area contributed by atoms with Crippen molar-refractivity contribution in [2.45, 2.75) is 38.6 Å². The molecule has 2 rings (SSSR count). The maximum Gasteiger partial charge on any atom is 0.228 e. The van der Waals surface area contributed by atoms with Crippen molar-refractivity contribution in [3.8, 4) is 6.07 Å². The van der Waals surface area contributed by atoms with Crippen molar-refractivity contribution in [3.63, 3.8) is 0 Å². The highest BCUT2D eigenvalue weighted by Crippen LogP contribution is 2.30. The van der Waals surface area contributed by atoms with E-state index in [9.17, 15) is 4.79 Å². The molecule has 0 saturated carbocycles. The molecule has 1 atom stereocenters. The molecular weight excluding hydrogens is 238 g/mol. The maximum absolute atomic E-state index is 11.4. The van der Waals surface area contributed by atoms with E-state index in [0.29, 0.717) is 6.42 Å². The van der Waals surface area contributed by atoms with E-state index in [2.05, 4.69) is 36.6 Å². The van der Waals surface area contributed by atoms with Gasteiger partial charge in [0.05, 0.1) is 18.5 Å². The number of hydrogen-bond donors (Lipinski definition) is 2. The summed E-state index contributed by atoms with van der Waals surface area (Å²) in [4.78, 5) is 11.4. The quantitative estimate of drug-likeness (QED) is 0.866. The summed E-state index contributed by atoms with van der Waals surface area (Å²) >= 11 is 0. The molecule has 0 aliphatic carbocycles. The minimum absolute atomic E-state index is 0.0567. The zero-order valence-corrected chi connectivity index (χ0v) is 11.6. The Labute approximate surface area is 113 Å². The van der Waals surface area contributed by atoms with Gasteiger partial charge in [-0.3, -0.25) is 4.79 Å². The number of nitrogens with one attached hydrogen (secondary N) is 2. The third kappa shape index (κ3) is 2.94. The molecule has 4 nitrogen and oxygen atoms in total. The van der Waals surface area contributed by atoms with Crippen LogP contribution in [0.25, 0.3) is 0 Å². The fourth-order valence-electron chi connectivity index (χ4n) is 2.21. The highest BCUT2D eigenvalue weighted by atomic mass is 16.1. The summed E-state index contributed by atoms with van der Waals surface area (Å²) in [5, 5.41) is 14.8. The Morgan fingerprint density at radius 2 is 2.26 bits per heavy atom. The average Bonchev–Trinajstić information content (AvgIpc) is 2.74. The van der Waals surface area contributed by atoms with Gasteiger partial charge in [0.1, 0.15) is 0 Å². The van der Waals surface area contributed by atoms with Gasteiger partial charge >= 0.3 is 0 Å². The highest BCUT2D eigenvalue weighted by molar-refractivity contribution is 5.99. The first kappa shape index (κ1) is 13.6. The van der Waals surface area contributed by atoms with Crippen LogP contribution in [0, 0.1) is 11.3 Å². The second-order valence-corrected chi connectivity index (χ2v) is 5.71. The number of carbonyl (C=O) groups excluding carboxylic acids is 1. The number of nitriles is 1. The molecule has 0 radical (unpaired) electrons. The molecule has 4 heteroatoms. The van der Waals surface area contributed by atoms with E-state index in [1.54, 1.807) is 0 Å². The number of fused-ring (bicyclic) bond motifs is 1. The summed E-state index contributed by atoms with van der Waals surface area (Å²) in [6, 6.07) is 8.11. The van der Waals surface area contributed by atoms with Gasteiger partial charge in [-0.05, 0) is 24.1 Å². The van der Waals surface area contributed by atoms with E-state index in [-0.39, 0.29) is 17.4 Å². The van der Waals surface area contributed by atoms with E-state index in [0.717, 1.165) is 17.8 Å². The Hall–Kier alpha value is -1.86. The van der Waals surface area contributed by atoms with Crippen molar-refractivity contribution in [2.75, 3.05) is 11.9 Å². The lowest BCUT2D eigenvalue weighted by Crippen LogP contribution is -2.37. The zero-order valence-electron chi connectivity index (χ0n) is 11.6. The van der Waals surface area contributed by atoms with Gasteiger partial charge in [-0.15, -0.1) is 0 Å². The standard InChI is InChI=1S/C15H19N3O/c1-10(8-16)17-9-15(2,3)12-4-5-13-11(6-12)7-14(19)18-13/h4-6,10,17H,7,9H2,1-3H3,(H,18,19). The number of amides is 1. The third-order valence-corrected chi connectivity index (χ3v) is 3.56. The molecule has 1 aromatic carbocycles. The molecule has 1 heterocycles. The molecule has 0 saturated heterocycles. The van der Waals surface area contributed by atoms with Crippen LogP contribution >= 0.6 is 0 Å². The van der Waals surface area contributed by atoms with Crippen molar-refractivity contribution < 1.29 is 4.79 Å². The number of hydrogen-bond acceptors (Lipinski definition) is 3. The molecule has 0 aromatic heterocycles. The van der Waals surface area contributed by atoms with Crippen molar-refractivity contribution in [2.24, 2.45) is 0 Å². The van der Waals surface area contributed by atoms with E-state index in [1.807, 2.05) is 19.1 Å². The molecular formula is C15H19N3O. The highest BCUT2D eigenvalue weighted by Gasteiger charge is 2.24. The average molecular weight is 257 g/mol. The first-order valence-electron chi connectivity index (χ1n) is 6.48. The Morgan fingerprint density at radius 1 is 1.53 bits per heavy atom. The normalized spacial score (nSPS) is 15.6. The smallest absolute Gasteiger partial charge is 0.228 e. The van der Waals surface area contributed by atoms with E-state index in [1.165, 1.54) is 5.56 Å². The molecule has 0 spiro atoms. The van der Waals surface area contributed by atoms with E-state index >= 15 is 0 Å². The van der Waals surface area contributed by atoms with Gasteiger partial charge in [-0.2, -0.15) is 5.26 Å². The molecule has 1 amide bonds. The van der Waals surface area contributed by atoms with Crippen LogP contribution in [-0.2, 0) is 16.6 Å². The minimum Gasteiger partial charge on any atom is -0.326 e. The van der Waals surface area contributed by atoms with Crippen LogP contribution in [0.3, 0.4) is 0 Å². The topological polar surface area (TPSA) is 64.9 Å². The lowest BCUT2D eigenvalue weighted by Gasteiger charge is -2.27. The van der Waals surface area contributed by atoms with Gasteiger partial charge in [-0.25, -0.2) is 0 Å². The van der Waals surface area contributed by atoms with Gasteiger partial charge in [0.25, 0.3) is 0 Å². The van der Waals surface area contributed by atoms with Crippen LogP contribution in [-0.4, -0.2) is 18.5 Å². The fourth-order valence-corrected chi connectivity index (χ4v) is 2.21. The molecule has 0 bridgehead atoms. The fraction of sp³-hybridized carbons (Fsp3) is 0.467. The van der Waals surface area contributed by atoms with Gasteiger partial charge in [-0.1, -0.05) is 26.0 Å². The summed E-state index contributed by atoms with van der Waals surface area (Å²) in [5.74, 6) is 0.0567. The second kappa shape index (κ2) is 5.02. The molecule has 1 aliphatic heterocycles. The third-order valence-electron chi connectivity index (χ3n) is 3.56. The number of carbonyl (C=O) groups is 1. The van der Waals surface area contributed by atoms with Crippen molar-refractivity contribution in [1.82, 2.24) is 5.32 Å². The van der Waals surface area contributed by atoms with E-state index in [4.69, 9.17) is 5.26 Å². The number of rotatable bonds is 4. The number of anilines is 1. The monoisotopic (exact) mass is 257 g/mol. The van der Waals surface area contributed by atoms with Crippen molar-refractivity contribution >= 4 is 11.6 Å². The lowest BCUT2D eigenvalue weighted by atomic mass is 9.83. The van der Waals surface area contributed by atoms with Gasteiger partial charge < -0.3 is 10.6 Å². The molecule has 19 heavy (non-hydrogen) atoms. The summed E-state index contributed by atoms with van der Waals surface area (Å²) in [5.41, 5.74) is 3.08. The first-order valence-corrected chi connectivity index (χ1v) is 6.48. The predicted octanol–water partition coefficient (Wildman–Crippen LogP) is 1.96. The Bertz CT molecular complexity index is 543. The largest absolute Gasteiger partial charge is 0.326 e. The first-order chi connectivity index (χ1) is 8.92. The SMILES string of the molecule is CC(C#N)NCC(C)(C)c1ccc2c(c1)CC(=O)N2. The summed E-state index contributed by atoms with van der Waals surface area (Å²) in [7, 11) is 0. The van der Waals surface area contributed by atoms with Crippen molar-refractivity contribution in [1.29, 1.82) is 5.26 Å². The van der Waals surface area contributed by atoms with Crippen LogP contribution in [0.2, 0.25) is 0 Å². The van der Waals surface area contributed by atoms with Crippen molar-refractivity contribution in [3.05, 3.63) is 29.3 Å². The van der Waals surface area contributed by atoms with Crippen LogP contribution in [0.1, 0.15) is 31.9 Å². The zero-order chi connectivity index (χ0) is 14.0. The van der Waals surface area contributed by atoms with Gasteiger partial charge in [0.15, 0.2) is 0 Å². The molecule has 1 unspecified atom stereocenters. The maximum atomic E-state index is 11.4. The summed E-state index contributed by atoms with van der Waals surface area (Å²) in [6.07, 6.45) is 0.460. The van der Waals surface area contributed by atoms with Gasteiger partial charge in [0, 0.05) is 17.6 Å². The molecule has 100 valence electrons. The summed E-state index contributed by atoms with van der Waals surface area (Å²) < 4.78 is 0. The number of nitrogens with zero attached hydrogens (tertiary/aromatic N) is 1.